The van der Waals surface area contributed by atoms with Crippen LogP contribution >= 0.6 is 0 Å². The zero-order chi connectivity index (χ0) is 15.9. The number of rotatable bonds is 8. The second-order valence-electron chi connectivity index (χ2n) is 5.51. The lowest BCUT2D eigenvalue weighted by atomic mass is 10.0. The molecule has 0 heterocycles. The third-order valence-electron chi connectivity index (χ3n) is 3.05. The number of carbonyl (C=O) groups is 1. The van der Waals surface area contributed by atoms with E-state index in [9.17, 15) is 13.2 Å². The Kier molecular flexibility index (Phi) is 6.84. The van der Waals surface area contributed by atoms with Gasteiger partial charge < -0.3 is 11.1 Å². The Bertz CT molecular complexity index is 541. The molecule has 0 saturated carbocycles. The lowest BCUT2D eigenvalue weighted by Crippen LogP contribution is -2.41. The molecule has 0 unspecified atom stereocenters. The fraction of sp³-hybridized carbons (Fsp3) is 0.533. The molecule has 118 valence electrons. The van der Waals surface area contributed by atoms with Crippen LogP contribution in [-0.4, -0.2) is 32.7 Å². The molecule has 21 heavy (non-hydrogen) atoms. The van der Waals surface area contributed by atoms with Crippen molar-refractivity contribution >= 4 is 15.7 Å². The minimum Gasteiger partial charge on any atom is -0.355 e. The molecule has 5 nitrogen and oxygen atoms in total. The molecule has 0 aromatic heterocycles. The van der Waals surface area contributed by atoms with E-state index in [1.165, 1.54) is 0 Å². The van der Waals surface area contributed by atoms with Gasteiger partial charge in [-0.2, -0.15) is 0 Å². The van der Waals surface area contributed by atoms with Crippen molar-refractivity contribution in [3.05, 3.63) is 30.3 Å². The van der Waals surface area contributed by atoms with Crippen LogP contribution < -0.4 is 11.1 Å². The third kappa shape index (κ3) is 6.27. The molecule has 1 rings (SSSR count). The summed E-state index contributed by atoms with van der Waals surface area (Å²) in [6.07, 6.45) is 0.992. The van der Waals surface area contributed by atoms with E-state index in [0.29, 0.717) is 30.2 Å². The van der Waals surface area contributed by atoms with Crippen LogP contribution in [0.1, 0.15) is 26.7 Å². The van der Waals surface area contributed by atoms with E-state index in [0.717, 1.165) is 0 Å². The van der Waals surface area contributed by atoms with Gasteiger partial charge in [-0.15, -0.1) is 0 Å². The van der Waals surface area contributed by atoms with Crippen molar-refractivity contribution in [1.82, 2.24) is 5.32 Å². The van der Waals surface area contributed by atoms with Crippen LogP contribution in [0.2, 0.25) is 0 Å². The Balaban J connectivity index is 2.36. The highest BCUT2D eigenvalue weighted by Crippen LogP contribution is 2.10. The number of hydrogen-bond acceptors (Lipinski definition) is 4. The van der Waals surface area contributed by atoms with Crippen LogP contribution in [0.25, 0.3) is 0 Å². The first kappa shape index (κ1) is 17.7. The summed E-state index contributed by atoms with van der Waals surface area (Å²) in [5, 5.41) is 2.68. The predicted molar refractivity (Wildman–Crippen MR) is 83.6 cm³/mol. The molecule has 0 saturated heterocycles. The van der Waals surface area contributed by atoms with E-state index in [2.05, 4.69) is 5.32 Å². The van der Waals surface area contributed by atoms with E-state index < -0.39 is 15.9 Å². The summed E-state index contributed by atoms with van der Waals surface area (Å²) >= 11 is 0. The predicted octanol–water partition coefficient (Wildman–Crippen LogP) is 1.34. The molecule has 1 atom stereocenters. The lowest BCUT2D eigenvalue weighted by molar-refractivity contribution is -0.122. The van der Waals surface area contributed by atoms with Crippen LogP contribution in [0, 0.1) is 5.92 Å². The Morgan fingerprint density at radius 2 is 1.86 bits per heavy atom. The van der Waals surface area contributed by atoms with Gasteiger partial charge in [0.05, 0.1) is 16.7 Å². The Hall–Kier alpha value is -1.40. The molecule has 1 amide bonds. The molecule has 3 N–H and O–H groups in total. The number of nitrogens with two attached hydrogens (primary N) is 1. The number of nitrogens with one attached hydrogen (secondary N) is 1. The van der Waals surface area contributed by atoms with Gasteiger partial charge in [-0.1, -0.05) is 32.0 Å². The highest BCUT2D eigenvalue weighted by Gasteiger charge is 2.16. The van der Waals surface area contributed by atoms with E-state index in [-0.39, 0.29) is 11.7 Å². The maximum atomic E-state index is 12.0. The molecular weight excluding hydrogens is 288 g/mol. The van der Waals surface area contributed by atoms with Crippen molar-refractivity contribution in [2.75, 3.05) is 12.3 Å². The normalized spacial score (nSPS) is 13.1. The van der Waals surface area contributed by atoms with E-state index in [1.54, 1.807) is 30.3 Å². The molecule has 1 aromatic carbocycles. The van der Waals surface area contributed by atoms with Crippen molar-refractivity contribution in [1.29, 1.82) is 0 Å². The van der Waals surface area contributed by atoms with Gasteiger partial charge in [-0.05, 0) is 30.9 Å². The minimum absolute atomic E-state index is 0.0106. The van der Waals surface area contributed by atoms with Crippen LogP contribution in [-0.2, 0) is 14.6 Å². The van der Waals surface area contributed by atoms with Gasteiger partial charge in [0.15, 0.2) is 9.84 Å². The largest absolute Gasteiger partial charge is 0.355 e. The number of sulfone groups is 1. The average Bonchev–Trinajstić information content (AvgIpc) is 2.43. The van der Waals surface area contributed by atoms with E-state index in [4.69, 9.17) is 5.73 Å². The fourth-order valence-electron chi connectivity index (χ4n) is 1.97. The van der Waals surface area contributed by atoms with E-state index >= 15 is 0 Å². The molecule has 6 heteroatoms. The Morgan fingerprint density at radius 3 is 2.43 bits per heavy atom. The van der Waals surface area contributed by atoms with Gasteiger partial charge in [0.25, 0.3) is 0 Å². The molecule has 0 aliphatic carbocycles. The van der Waals surface area contributed by atoms with Gasteiger partial charge in [0.1, 0.15) is 0 Å². The number of carbonyl (C=O) groups excluding carboxylic acids is 1. The Morgan fingerprint density at radius 1 is 1.24 bits per heavy atom. The third-order valence-corrected chi connectivity index (χ3v) is 4.87. The van der Waals surface area contributed by atoms with Gasteiger partial charge in [0.2, 0.25) is 5.91 Å². The molecule has 0 aliphatic rings. The quantitative estimate of drug-likeness (QED) is 0.709. The monoisotopic (exact) mass is 312 g/mol. The summed E-state index contributed by atoms with van der Waals surface area (Å²) in [6, 6.07) is 7.78. The highest BCUT2D eigenvalue weighted by molar-refractivity contribution is 7.91. The van der Waals surface area contributed by atoms with Crippen LogP contribution in [0.3, 0.4) is 0 Å². The SMILES string of the molecule is CC(C)C[C@H](N)C(=O)NCCCS(=O)(=O)c1ccccc1. The lowest BCUT2D eigenvalue weighted by Gasteiger charge is -2.14. The summed E-state index contributed by atoms with van der Waals surface area (Å²) in [5.74, 6) is 0.140. The summed E-state index contributed by atoms with van der Waals surface area (Å²) in [4.78, 5) is 12.0. The first-order valence-electron chi connectivity index (χ1n) is 7.14. The number of amides is 1. The van der Waals surface area contributed by atoms with Crippen molar-refractivity contribution < 1.29 is 13.2 Å². The van der Waals surface area contributed by atoms with Crippen molar-refractivity contribution in [3.63, 3.8) is 0 Å². The summed E-state index contributed by atoms with van der Waals surface area (Å²) < 4.78 is 24.0. The molecule has 0 bridgehead atoms. The van der Waals surface area contributed by atoms with Crippen molar-refractivity contribution in [3.8, 4) is 0 Å². The Labute approximate surface area is 126 Å². The van der Waals surface area contributed by atoms with Crippen LogP contribution in [0.5, 0.6) is 0 Å². The van der Waals surface area contributed by atoms with Crippen molar-refractivity contribution in [2.45, 2.75) is 37.6 Å². The highest BCUT2D eigenvalue weighted by atomic mass is 32.2. The second-order valence-corrected chi connectivity index (χ2v) is 7.62. The molecule has 0 fully saturated rings. The molecule has 0 radical (unpaired) electrons. The first-order chi connectivity index (χ1) is 9.83. The van der Waals surface area contributed by atoms with Crippen LogP contribution in [0.4, 0.5) is 0 Å². The number of benzene rings is 1. The van der Waals surface area contributed by atoms with Crippen LogP contribution in [0.15, 0.2) is 35.2 Å². The first-order valence-corrected chi connectivity index (χ1v) is 8.79. The average molecular weight is 312 g/mol. The van der Waals surface area contributed by atoms with Crippen molar-refractivity contribution in [2.24, 2.45) is 11.7 Å². The smallest absolute Gasteiger partial charge is 0.236 e. The minimum atomic E-state index is -3.28. The topological polar surface area (TPSA) is 89.3 Å². The standard InChI is InChI=1S/C15H24N2O3S/c1-12(2)11-14(16)15(18)17-9-6-10-21(19,20)13-7-4-3-5-8-13/h3-5,7-8,12,14H,6,9-11,16H2,1-2H3,(H,17,18)/t14-/m0/s1. The van der Waals surface area contributed by atoms with E-state index in [1.807, 2.05) is 13.8 Å². The molecule has 0 aliphatic heterocycles. The zero-order valence-corrected chi connectivity index (χ0v) is 13.4. The maximum Gasteiger partial charge on any atom is 0.236 e. The molecule has 1 aromatic rings. The van der Waals surface area contributed by atoms with Gasteiger partial charge >= 0.3 is 0 Å². The zero-order valence-electron chi connectivity index (χ0n) is 12.6. The number of hydrogen-bond donors (Lipinski definition) is 2. The fourth-order valence-corrected chi connectivity index (χ4v) is 3.30. The van der Waals surface area contributed by atoms with Gasteiger partial charge in [-0.25, -0.2) is 8.42 Å². The summed E-state index contributed by atoms with van der Waals surface area (Å²) in [6.45, 7) is 4.32. The molecular formula is C15H24N2O3S. The second kappa shape index (κ2) is 8.14. The van der Waals surface area contributed by atoms with Gasteiger partial charge in [0, 0.05) is 6.54 Å². The maximum absolute atomic E-state index is 12.0. The van der Waals surface area contributed by atoms with Gasteiger partial charge in [-0.3, -0.25) is 4.79 Å². The summed E-state index contributed by atoms with van der Waals surface area (Å²) in [5.41, 5.74) is 5.75. The summed E-state index contributed by atoms with van der Waals surface area (Å²) in [7, 11) is -3.28. The molecule has 0 spiro atoms.